The summed E-state index contributed by atoms with van der Waals surface area (Å²) in [5.41, 5.74) is 1.71. The van der Waals surface area contributed by atoms with Gasteiger partial charge in [-0.3, -0.25) is 4.90 Å². The number of ether oxygens (including phenoxy) is 2. The molecule has 0 spiro atoms. The summed E-state index contributed by atoms with van der Waals surface area (Å²) >= 11 is 3.24. The predicted molar refractivity (Wildman–Crippen MR) is 77.6 cm³/mol. The Kier molecular flexibility index (Phi) is 5.39. The lowest BCUT2D eigenvalue weighted by Gasteiger charge is -2.20. The number of halogens is 1. The number of methoxy groups -OCH3 is 1. The number of furan rings is 1. The Bertz CT molecular complexity index is 509. The Morgan fingerprint density at radius 1 is 1.50 bits per heavy atom. The quantitative estimate of drug-likeness (QED) is 0.607. The van der Waals surface area contributed by atoms with Crippen LogP contribution in [-0.2, 0) is 16.0 Å². The number of carbonyl (C=O) groups is 1. The molecule has 0 saturated carbocycles. The largest absolute Gasteiger partial charge is 0.465 e. The van der Waals surface area contributed by atoms with Gasteiger partial charge < -0.3 is 13.9 Å². The van der Waals surface area contributed by atoms with E-state index in [1.54, 1.807) is 6.07 Å². The monoisotopic (exact) mass is 343 g/mol. The highest BCUT2D eigenvalue weighted by Crippen LogP contribution is 2.22. The highest BCUT2D eigenvalue weighted by Gasteiger charge is 2.19. The molecule has 0 radical (unpaired) electrons. The zero-order chi connectivity index (χ0) is 14.5. The summed E-state index contributed by atoms with van der Waals surface area (Å²) in [6.45, 7) is 2.80. The number of hydrogen-bond donors (Lipinski definition) is 0. The van der Waals surface area contributed by atoms with Gasteiger partial charge in [-0.25, -0.2) is 4.79 Å². The van der Waals surface area contributed by atoms with E-state index >= 15 is 0 Å². The van der Waals surface area contributed by atoms with Gasteiger partial charge in [0.2, 0.25) is 0 Å². The minimum absolute atomic E-state index is 0.386. The van der Waals surface area contributed by atoms with Gasteiger partial charge >= 0.3 is 5.97 Å². The van der Waals surface area contributed by atoms with Crippen LogP contribution in [0.5, 0.6) is 0 Å². The van der Waals surface area contributed by atoms with E-state index in [0.29, 0.717) is 29.1 Å². The Balaban J connectivity index is 2.01. The standard InChI is InChI=1S/C14H18BrNO4/c1-16(7-10-4-3-5-19-9-10)8-12-11(14(17)18-2)6-13(15)20-12/h4,6H,3,5,7-9H2,1-2H3. The second-order valence-corrected chi connectivity index (χ2v) is 5.54. The van der Waals surface area contributed by atoms with E-state index in [-0.39, 0.29) is 5.97 Å². The van der Waals surface area contributed by atoms with Gasteiger partial charge in [0.05, 0.1) is 26.9 Å². The van der Waals surface area contributed by atoms with Crippen LogP contribution in [0, 0.1) is 0 Å². The number of nitrogens with zero attached hydrogens (tertiary/aromatic N) is 1. The van der Waals surface area contributed by atoms with E-state index in [4.69, 9.17) is 13.9 Å². The molecular formula is C14H18BrNO4. The zero-order valence-corrected chi connectivity index (χ0v) is 13.2. The molecule has 1 aliphatic rings. The summed E-state index contributed by atoms with van der Waals surface area (Å²) in [4.78, 5) is 13.7. The fraction of sp³-hybridized carbons (Fsp3) is 0.500. The van der Waals surface area contributed by atoms with Crippen LogP contribution in [0.1, 0.15) is 22.5 Å². The molecule has 0 unspecified atom stereocenters. The molecular weight excluding hydrogens is 326 g/mol. The van der Waals surface area contributed by atoms with Crippen molar-refractivity contribution >= 4 is 21.9 Å². The van der Waals surface area contributed by atoms with E-state index in [1.165, 1.54) is 12.7 Å². The highest BCUT2D eigenvalue weighted by molar-refractivity contribution is 9.10. The fourth-order valence-corrected chi connectivity index (χ4v) is 2.59. The average molecular weight is 344 g/mol. The smallest absolute Gasteiger partial charge is 0.341 e. The van der Waals surface area contributed by atoms with Crippen molar-refractivity contribution in [2.75, 3.05) is 33.9 Å². The zero-order valence-electron chi connectivity index (χ0n) is 11.6. The van der Waals surface area contributed by atoms with Gasteiger partial charge in [0.15, 0.2) is 4.67 Å². The van der Waals surface area contributed by atoms with Crippen molar-refractivity contribution in [2.45, 2.75) is 13.0 Å². The van der Waals surface area contributed by atoms with Crippen molar-refractivity contribution < 1.29 is 18.7 Å². The Morgan fingerprint density at radius 2 is 2.30 bits per heavy atom. The highest BCUT2D eigenvalue weighted by atomic mass is 79.9. The molecule has 6 heteroatoms. The number of esters is 1. The molecule has 2 heterocycles. The van der Waals surface area contributed by atoms with E-state index in [2.05, 4.69) is 26.9 Å². The molecule has 0 N–H and O–H groups in total. The maximum absolute atomic E-state index is 11.7. The van der Waals surface area contributed by atoms with Crippen LogP contribution in [0.15, 0.2) is 26.8 Å². The maximum atomic E-state index is 11.7. The third-order valence-electron chi connectivity index (χ3n) is 3.05. The van der Waals surface area contributed by atoms with Gasteiger partial charge in [-0.2, -0.15) is 0 Å². The van der Waals surface area contributed by atoms with Gasteiger partial charge in [-0.05, 0) is 35.0 Å². The van der Waals surface area contributed by atoms with Crippen molar-refractivity contribution in [2.24, 2.45) is 0 Å². The molecule has 5 nitrogen and oxygen atoms in total. The summed E-state index contributed by atoms with van der Waals surface area (Å²) < 4.78 is 16.2. The van der Waals surface area contributed by atoms with E-state index in [1.807, 2.05) is 7.05 Å². The molecule has 0 aromatic carbocycles. The van der Waals surface area contributed by atoms with Crippen molar-refractivity contribution in [1.82, 2.24) is 4.90 Å². The summed E-state index contributed by atoms with van der Waals surface area (Å²) in [5, 5.41) is 0. The van der Waals surface area contributed by atoms with Crippen LogP contribution in [0.25, 0.3) is 0 Å². The molecule has 0 bridgehead atoms. The van der Waals surface area contributed by atoms with Crippen molar-refractivity contribution in [3.63, 3.8) is 0 Å². The molecule has 0 fully saturated rings. The lowest BCUT2D eigenvalue weighted by atomic mass is 10.2. The molecule has 1 aliphatic heterocycles. The Labute approximate surface area is 126 Å². The molecule has 2 rings (SSSR count). The minimum Gasteiger partial charge on any atom is -0.465 e. The summed E-state index contributed by atoms with van der Waals surface area (Å²) in [7, 11) is 3.34. The van der Waals surface area contributed by atoms with E-state index in [9.17, 15) is 4.79 Å². The van der Waals surface area contributed by atoms with Crippen LogP contribution in [0.3, 0.4) is 0 Å². The van der Waals surface area contributed by atoms with Crippen LogP contribution >= 0.6 is 15.9 Å². The minimum atomic E-state index is -0.386. The van der Waals surface area contributed by atoms with Gasteiger partial charge in [0, 0.05) is 12.6 Å². The topological polar surface area (TPSA) is 51.9 Å². The third kappa shape index (κ3) is 3.94. The first-order chi connectivity index (χ1) is 9.60. The van der Waals surface area contributed by atoms with Crippen LogP contribution in [0.4, 0.5) is 0 Å². The molecule has 0 saturated heterocycles. The number of likely N-dealkylation sites (N-methyl/N-ethyl adjacent to an activating group) is 1. The van der Waals surface area contributed by atoms with E-state index < -0.39 is 0 Å². The van der Waals surface area contributed by atoms with Crippen molar-refractivity contribution in [1.29, 1.82) is 0 Å². The van der Waals surface area contributed by atoms with Crippen LogP contribution in [-0.4, -0.2) is 44.8 Å². The molecule has 110 valence electrons. The Morgan fingerprint density at radius 3 is 2.95 bits per heavy atom. The second kappa shape index (κ2) is 7.06. The number of rotatable bonds is 5. The molecule has 0 aliphatic carbocycles. The summed E-state index contributed by atoms with van der Waals surface area (Å²) in [6, 6.07) is 1.64. The molecule has 0 atom stereocenters. The molecule has 20 heavy (non-hydrogen) atoms. The van der Waals surface area contributed by atoms with Gasteiger partial charge in [0.25, 0.3) is 0 Å². The normalized spacial score (nSPS) is 15.3. The van der Waals surface area contributed by atoms with Crippen LogP contribution in [0.2, 0.25) is 0 Å². The lowest BCUT2D eigenvalue weighted by molar-refractivity contribution is 0.0596. The number of carbonyl (C=O) groups excluding carboxylic acids is 1. The third-order valence-corrected chi connectivity index (χ3v) is 3.44. The first-order valence-electron chi connectivity index (χ1n) is 6.41. The number of hydrogen-bond acceptors (Lipinski definition) is 5. The lowest BCUT2D eigenvalue weighted by Crippen LogP contribution is -2.24. The summed E-state index contributed by atoms with van der Waals surface area (Å²) in [5.74, 6) is 0.214. The molecule has 1 aromatic rings. The first kappa shape index (κ1) is 15.3. The van der Waals surface area contributed by atoms with Gasteiger partial charge in [0.1, 0.15) is 11.3 Å². The van der Waals surface area contributed by atoms with Crippen molar-refractivity contribution in [3.8, 4) is 0 Å². The average Bonchev–Trinajstić information content (AvgIpc) is 2.79. The molecule has 1 aromatic heterocycles. The van der Waals surface area contributed by atoms with Gasteiger partial charge in [-0.15, -0.1) is 0 Å². The molecule has 0 amide bonds. The first-order valence-corrected chi connectivity index (χ1v) is 7.20. The second-order valence-electron chi connectivity index (χ2n) is 4.75. The van der Waals surface area contributed by atoms with Crippen LogP contribution < -0.4 is 0 Å². The Hall–Kier alpha value is -1.11. The van der Waals surface area contributed by atoms with E-state index in [0.717, 1.165) is 19.6 Å². The summed E-state index contributed by atoms with van der Waals surface area (Å²) in [6.07, 6.45) is 3.17. The fourth-order valence-electron chi connectivity index (χ4n) is 2.16. The van der Waals surface area contributed by atoms with Gasteiger partial charge in [-0.1, -0.05) is 6.08 Å². The maximum Gasteiger partial charge on any atom is 0.341 e. The SMILES string of the molecule is COC(=O)c1cc(Br)oc1CN(C)CC1=CCCOC1. The van der Waals surface area contributed by atoms with Crippen molar-refractivity contribution in [3.05, 3.63) is 33.7 Å². The predicted octanol–water partition coefficient (Wildman–Crippen LogP) is 2.61.